The number of allylic oxidation sites excluding steroid dienone is 2. The molecule has 28 heavy (non-hydrogen) atoms. The average molecular weight is 393 g/mol. The highest BCUT2D eigenvalue weighted by Gasteiger charge is 2.54. The van der Waals surface area contributed by atoms with Crippen molar-refractivity contribution in [3.63, 3.8) is 0 Å². The largest absolute Gasteiger partial charge is 0.511 e. The van der Waals surface area contributed by atoms with Crippen LogP contribution in [0.4, 0.5) is 0 Å². The van der Waals surface area contributed by atoms with Gasteiger partial charge in [0, 0.05) is 16.9 Å². The van der Waals surface area contributed by atoms with E-state index in [9.17, 15) is 9.90 Å². The Morgan fingerprint density at radius 1 is 0.929 bits per heavy atom. The van der Waals surface area contributed by atoms with Crippen LogP contribution in [0.1, 0.15) is 43.7 Å². The SMILES string of the molecule is CCc1ccc(-c2ccc(Cl)cc2)cc1C1=C(O)C2C3CCC(CC3)C2C1=O. The third kappa shape index (κ3) is 2.65. The molecule has 3 fully saturated rings. The van der Waals surface area contributed by atoms with Gasteiger partial charge in [-0.1, -0.05) is 42.8 Å². The van der Waals surface area contributed by atoms with E-state index in [1.807, 2.05) is 24.3 Å². The topological polar surface area (TPSA) is 37.3 Å². The number of benzene rings is 2. The molecule has 1 N–H and O–H groups in total. The van der Waals surface area contributed by atoms with Crippen molar-refractivity contribution < 1.29 is 9.90 Å². The lowest BCUT2D eigenvalue weighted by molar-refractivity contribution is -0.123. The first kappa shape index (κ1) is 18.0. The van der Waals surface area contributed by atoms with Gasteiger partial charge in [0.15, 0.2) is 5.78 Å². The number of hydrogen-bond acceptors (Lipinski definition) is 2. The molecule has 0 saturated heterocycles. The van der Waals surface area contributed by atoms with Crippen molar-refractivity contribution in [2.75, 3.05) is 0 Å². The number of ketones is 1. The molecule has 6 rings (SSSR count). The molecule has 0 heterocycles. The van der Waals surface area contributed by atoms with Crippen molar-refractivity contribution in [2.24, 2.45) is 23.7 Å². The Labute approximate surface area is 171 Å². The Kier molecular flexibility index (Phi) is 4.35. The fourth-order valence-electron chi connectivity index (χ4n) is 5.89. The first-order chi connectivity index (χ1) is 13.6. The standard InChI is InChI=1S/C25H25ClO2/c1-2-14-3-8-18(15-9-11-19(26)12-10-15)13-20(14)23-24(27)21-16-4-5-17(7-6-16)22(21)25(23)28/h3,8-13,16-17,21-22,27H,2,4-7H2,1H3. The maximum Gasteiger partial charge on any atom is 0.170 e. The number of aryl methyl sites for hydroxylation is 1. The quantitative estimate of drug-likeness (QED) is 0.649. The van der Waals surface area contributed by atoms with Gasteiger partial charge in [0.2, 0.25) is 0 Å². The van der Waals surface area contributed by atoms with Crippen molar-refractivity contribution in [1.82, 2.24) is 0 Å². The lowest BCUT2D eigenvalue weighted by Gasteiger charge is -2.44. The molecule has 2 aromatic rings. The molecule has 2 unspecified atom stereocenters. The molecule has 4 aliphatic carbocycles. The first-order valence-electron chi connectivity index (χ1n) is 10.4. The minimum atomic E-state index is 0.00592. The van der Waals surface area contributed by atoms with Gasteiger partial charge in [-0.2, -0.15) is 0 Å². The van der Waals surface area contributed by atoms with E-state index in [1.165, 1.54) is 0 Å². The van der Waals surface area contributed by atoms with Crippen LogP contribution in [0, 0.1) is 23.7 Å². The molecule has 0 aromatic heterocycles. The number of Topliss-reactive ketones (excluding diaryl/α,β-unsaturated/α-hetero) is 1. The summed E-state index contributed by atoms with van der Waals surface area (Å²) in [4.78, 5) is 13.5. The van der Waals surface area contributed by atoms with Gasteiger partial charge in [-0.15, -0.1) is 0 Å². The van der Waals surface area contributed by atoms with E-state index >= 15 is 0 Å². The zero-order valence-electron chi connectivity index (χ0n) is 16.1. The number of rotatable bonds is 3. The smallest absolute Gasteiger partial charge is 0.170 e. The molecule has 3 heteroatoms. The predicted octanol–water partition coefficient (Wildman–Crippen LogP) is 6.47. The lowest BCUT2D eigenvalue weighted by atomic mass is 9.59. The second-order valence-electron chi connectivity index (χ2n) is 8.58. The fourth-order valence-corrected chi connectivity index (χ4v) is 6.02. The molecule has 0 amide bonds. The normalized spacial score (nSPS) is 28.7. The van der Waals surface area contributed by atoms with E-state index in [1.54, 1.807) is 0 Å². The van der Waals surface area contributed by atoms with Gasteiger partial charge >= 0.3 is 0 Å². The minimum absolute atomic E-state index is 0.00592. The van der Waals surface area contributed by atoms with Gasteiger partial charge in [0.05, 0.1) is 5.57 Å². The van der Waals surface area contributed by atoms with Gasteiger partial charge < -0.3 is 5.11 Å². The highest BCUT2D eigenvalue weighted by atomic mass is 35.5. The second kappa shape index (κ2) is 6.77. The van der Waals surface area contributed by atoms with Crippen LogP contribution in [0.2, 0.25) is 5.02 Å². The maximum atomic E-state index is 13.5. The average Bonchev–Trinajstić information content (AvgIpc) is 3.01. The zero-order valence-corrected chi connectivity index (χ0v) is 16.9. The zero-order chi connectivity index (χ0) is 19.4. The number of carbonyl (C=O) groups is 1. The Bertz CT molecular complexity index is 965. The molecular weight excluding hydrogens is 368 g/mol. The van der Waals surface area contributed by atoms with E-state index in [0.717, 1.165) is 54.4 Å². The highest BCUT2D eigenvalue weighted by molar-refractivity contribution is 6.30. The maximum absolute atomic E-state index is 13.5. The summed E-state index contributed by atoms with van der Waals surface area (Å²) in [5.41, 5.74) is 4.76. The molecule has 2 aromatic carbocycles. The third-order valence-corrected chi connectivity index (χ3v) is 7.53. The van der Waals surface area contributed by atoms with Crippen LogP contribution in [0.3, 0.4) is 0 Å². The van der Waals surface area contributed by atoms with Crippen LogP contribution in [-0.2, 0) is 11.2 Å². The summed E-state index contributed by atoms with van der Waals surface area (Å²) in [6.45, 7) is 2.11. The van der Waals surface area contributed by atoms with Gasteiger partial charge in [-0.3, -0.25) is 4.79 Å². The molecule has 0 radical (unpaired) electrons. The molecular formula is C25H25ClO2. The highest BCUT2D eigenvalue weighted by Crippen LogP contribution is 2.57. The van der Waals surface area contributed by atoms with Crippen molar-refractivity contribution >= 4 is 23.0 Å². The third-order valence-electron chi connectivity index (χ3n) is 7.28. The summed E-state index contributed by atoms with van der Waals surface area (Å²) in [6, 6.07) is 14.0. The summed E-state index contributed by atoms with van der Waals surface area (Å²) in [5, 5.41) is 11.9. The summed E-state index contributed by atoms with van der Waals surface area (Å²) in [5.74, 6) is 1.53. The molecule has 0 aliphatic heterocycles. The van der Waals surface area contributed by atoms with Gasteiger partial charge in [0.1, 0.15) is 5.76 Å². The van der Waals surface area contributed by atoms with Crippen LogP contribution in [0.5, 0.6) is 0 Å². The van der Waals surface area contributed by atoms with E-state index in [2.05, 4.69) is 25.1 Å². The summed E-state index contributed by atoms with van der Waals surface area (Å²) < 4.78 is 0. The number of aliphatic hydroxyl groups excluding tert-OH is 1. The Hall–Kier alpha value is -2.06. The van der Waals surface area contributed by atoms with Crippen molar-refractivity contribution in [2.45, 2.75) is 39.0 Å². The Balaban J connectivity index is 1.63. The molecule has 4 aliphatic rings. The summed E-state index contributed by atoms with van der Waals surface area (Å²) in [6.07, 6.45) is 5.43. The van der Waals surface area contributed by atoms with Crippen LogP contribution >= 0.6 is 11.6 Å². The Morgan fingerprint density at radius 2 is 1.54 bits per heavy atom. The summed E-state index contributed by atoms with van der Waals surface area (Å²) in [7, 11) is 0. The molecule has 144 valence electrons. The number of carbonyl (C=O) groups excluding carboxylic acids is 1. The molecule has 2 atom stereocenters. The fraction of sp³-hybridized carbons (Fsp3) is 0.400. The van der Waals surface area contributed by atoms with Gasteiger partial charge in [0.25, 0.3) is 0 Å². The summed E-state index contributed by atoms with van der Waals surface area (Å²) >= 11 is 6.04. The van der Waals surface area contributed by atoms with E-state index < -0.39 is 0 Å². The van der Waals surface area contributed by atoms with Crippen LogP contribution in [0.25, 0.3) is 16.7 Å². The van der Waals surface area contributed by atoms with Crippen LogP contribution < -0.4 is 0 Å². The van der Waals surface area contributed by atoms with Gasteiger partial charge in [-0.05, 0) is 84.4 Å². The Morgan fingerprint density at radius 3 is 2.14 bits per heavy atom. The number of halogens is 1. The van der Waals surface area contributed by atoms with Crippen molar-refractivity contribution in [3.8, 4) is 11.1 Å². The van der Waals surface area contributed by atoms with Crippen LogP contribution in [-0.4, -0.2) is 10.9 Å². The molecule has 2 bridgehead atoms. The van der Waals surface area contributed by atoms with Crippen molar-refractivity contribution in [3.05, 3.63) is 64.4 Å². The minimum Gasteiger partial charge on any atom is -0.511 e. The van der Waals surface area contributed by atoms with E-state index in [0.29, 0.717) is 28.2 Å². The molecule has 3 saturated carbocycles. The number of aliphatic hydroxyl groups is 1. The monoisotopic (exact) mass is 392 g/mol. The molecule has 0 spiro atoms. The second-order valence-corrected chi connectivity index (χ2v) is 9.02. The van der Waals surface area contributed by atoms with E-state index in [4.69, 9.17) is 11.6 Å². The number of hydrogen-bond donors (Lipinski definition) is 1. The lowest BCUT2D eigenvalue weighted by Crippen LogP contribution is -2.41. The van der Waals surface area contributed by atoms with Gasteiger partial charge in [-0.25, -0.2) is 0 Å². The first-order valence-corrected chi connectivity index (χ1v) is 10.8. The van der Waals surface area contributed by atoms with E-state index in [-0.39, 0.29) is 17.6 Å². The number of fused-ring (bicyclic) bond motifs is 2. The molecule has 2 nitrogen and oxygen atoms in total. The van der Waals surface area contributed by atoms with Crippen molar-refractivity contribution in [1.29, 1.82) is 0 Å². The predicted molar refractivity (Wildman–Crippen MR) is 113 cm³/mol. The van der Waals surface area contributed by atoms with Crippen LogP contribution in [0.15, 0.2) is 48.2 Å².